The Morgan fingerprint density at radius 1 is 1.17 bits per heavy atom. The number of halogens is 1. The number of hydrogen-bond donors (Lipinski definition) is 0. The molecule has 0 N–H and O–H groups in total. The van der Waals surface area contributed by atoms with Gasteiger partial charge in [0, 0.05) is 5.56 Å². The summed E-state index contributed by atoms with van der Waals surface area (Å²) in [5.74, 6) is -1.00. The van der Waals surface area contributed by atoms with Gasteiger partial charge in [0.15, 0.2) is 15.6 Å². The van der Waals surface area contributed by atoms with Gasteiger partial charge in [-0.05, 0) is 37.1 Å². The van der Waals surface area contributed by atoms with E-state index in [4.69, 9.17) is 0 Å². The molecule has 0 bridgehead atoms. The van der Waals surface area contributed by atoms with Crippen molar-refractivity contribution in [2.75, 3.05) is 5.75 Å². The van der Waals surface area contributed by atoms with Crippen molar-refractivity contribution in [3.05, 3.63) is 35.6 Å². The largest absolute Gasteiger partial charge is 0.293 e. The molecule has 0 aliphatic carbocycles. The van der Waals surface area contributed by atoms with Gasteiger partial charge in [0.05, 0.1) is 5.75 Å². The minimum Gasteiger partial charge on any atom is -0.293 e. The van der Waals surface area contributed by atoms with Crippen LogP contribution in [0.3, 0.4) is 0 Å². The van der Waals surface area contributed by atoms with E-state index in [1.807, 2.05) is 0 Å². The SMILES string of the molecule is CC(C)CS(=O)(=O)C(C)C(=O)c1ccc(F)cc1. The highest BCUT2D eigenvalue weighted by atomic mass is 32.2. The number of sulfone groups is 1. The summed E-state index contributed by atoms with van der Waals surface area (Å²) in [4.78, 5) is 12.0. The van der Waals surface area contributed by atoms with Crippen LogP contribution in [0.15, 0.2) is 24.3 Å². The molecule has 0 aromatic heterocycles. The van der Waals surface area contributed by atoms with E-state index in [2.05, 4.69) is 0 Å². The highest BCUT2D eigenvalue weighted by Gasteiger charge is 2.29. The third-order valence-electron chi connectivity index (χ3n) is 2.60. The van der Waals surface area contributed by atoms with E-state index in [9.17, 15) is 17.6 Å². The van der Waals surface area contributed by atoms with Crippen LogP contribution >= 0.6 is 0 Å². The monoisotopic (exact) mass is 272 g/mol. The number of hydrogen-bond acceptors (Lipinski definition) is 3. The molecular weight excluding hydrogens is 255 g/mol. The average molecular weight is 272 g/mol. The molecule has 0 radical (unpaired) electrons. The van der Waals surface area contributed by atoms with Gasteiger partial charge >= 0.3 is 0 Å². The zero-order valence-corrected chi connectivity index (χ0v) is 11.5. The lowest BCUT2D eigenvalue weighted by Gasteiger charge is -2.13. The molecule has 3 nitrogen and oxygen atoms in total. The van der Waals surface area contributed by atoms with Crippen LogP contribution in [-0.4, -0.2) is 25.2 Å². The number of benzene rings is 1. The van der Waals surface area contributed by atoms with E-state index >= 15 is 0 Å². The van der Waals surface area contributed by atoms with E-state index in [0.717, 1.165) is 12.1 Å². The number of rotatable bonds is 5. The highest BCUT2D eigenvalue weighted by Crippen LogP contribution is 2.14. The van der Waals surface area contributed by atoms with Crippen molar-refractivity contribution in [3.8, 4) is 0 Å². The van der Waals surface area contributed by atoms with Crippen molar-refractivity contribution >= 4 is 15.6 Å². The van der Waals surface area contributed by atoms with Crippen LogP contribution in [0.25, 0.3) is 0 Å². The minimum atomic E-state index is -3.46. The van der Waals surface area contributed by atoms with Gasteiger partial charge in [-0.15, -0.1) is 0 Å². The molecule has 1 aromatic carbocycles. The van der Waals surface area contributed by atoms with Crippen molar-refractivity contribution < 1.29 is 17.6 Å². The molecule has 1 rings (SSSR count). The Morgan fingerprint density at radius 3 is 2.11 bits per heavy atom. The van der Waals surface area contributed by atoms with Crippen LogP contribution in [0.2, 0.25) is 0 Å². The molecule has 1 aromatic rings. The van der Waals surface area contributed by atoms with Gasteiger partial charge in [0.2, 0.25) is 0 Å². The van der Waals surface area contributed by atoms with E-state index in [1.165, 1.54) is 19.1 Å². The molecule has 0 amide bonds. The lowest BCUT2D eigenvalue weighted by molar-refractivity contribution is 0.0991. The second kappa shape index (κ2) is 5.61. The molecule has 0 aliphatic heterocycles. The fraction of sp³-hybridized carbons (Fsp3) is 0.462. The minimum absolute atomic E-state index is 0.0267. The first-order valence-electron chi connectivity index (χ1n) is 5.75. The number of carbonyl (C=O) groups is 1. The molecule has 0 heterocycles. The van der Waals surface area contributed by atoms with Gasteiger partial charge in [-0.2, -0.15) is 0 Å². The summed E-state index contributed by atoms with van der Waals surface area (Å²) in [6, 6.07) is 4.90. The van der Waals surface area contributed by atoms with Crippen LogP contribution in [0.1, 0.15) is 31.1 Å². The molecule has 18 heavy (non-hydrogen) atoms. The molecule has 1 atom stereocenters. The first kappa shape index (κ1) is 14.8. The van der Waals surface area contributed by atoms with Crippen molar-refractivity contribution in [1.29, 1.82) is 0 Å². The van der Waals surface area contributed by atoms with Crippen molar-refractivity contribution in [2.45, 2.75) is 26.0 Å². The van der Waals surface area contributed by atoms with Gasteiger partial charge < -0.3 is 0 Å². The fourth-order valence-electron chi connectivity index (χ4n) is 1.62. The molecule has 0 aliphatic rings. The third-order valence-corrected chi connectivity index (χ3v) is 5.02. The van der Waals surface area contributed by atoms with Crippen LogP contribution < -0.4 is 0 Å². The van der Waals surface area contributed by atoms with E-state index < -0.39 is 26.7 Å². The summed E-state index contributed by atoms with van der Waals surface area (Å²) in [6.07, 6.45) is 0. The smallest absolute Gasteiger partial charge is 0.180 e. The Bertz CT molecular complexity index is 518. The summed E-state index contributed by atoms with van der Waals surface area (Å²) in [5.41, 5.74) is 0.219. The second-order valence-electron chi connectivity index (χ2n) is 4.74. The maximum Gasteiger partial charge on any atom is 0.180 e. The molecule has 0 spiro atoms. The van der Waals surface area contributed by atoms with E-state index in [0.29, 0.717) is 0 Å². The zero-order valence-electron chi connectivity index (χ0n) is 10.7. The molecule has 0 fully saturated rings. The van der Waals surface area contributed by atoms with Crippen molar-refractivity contribution in [3.63, 3.8) is 0 Å². The quantitative estimate of drug-likeness (QED) is 0.774. The molecule has 100 valence electrons. The molecule has 0 saturated heterocycles. The van der Waals surface area contributed by atoms with Gasteiger partial charge in [-0.1, -0.05) is 13.8 Å². The van der Waals surface area contributed by atoms with Gasteiger partial charge in [-0.25, -0.2) is 12.8 Å². The molecular formula is C13H17FO3S. The maximum absolute atomic E-state index is 12.7. The lowest BCUT2D eigenvalue weighted by Crippen LogP contribution is -2.31. The summed E-state index contributed by atoms with van der Waals surface area (Å²) in [7, 11) is -3.46. The molecule has 0 saturated carbocycles. The molecule has 1 unspecified atom stereocenters. The predicted octanol–water partition coefficient (Wildman–Crippen LogP) is 2.47. The third kappa shape index (κ3) is 3.63. The topological polar surface area (TPSA) is 51.2 Å². The lowest BCUT2D eigenvalue weighted by atomic mass is 10.1. The maximum atomic E-state index is 12.7. The van der Waals surface area contributed by atoms with E-state index in [-0.39, 0.29) is 17.2 Å². The Kier molecular flexibility index (Phi) is 4.62. The zero-order chi connectivity index (χ0) is 13.9. The van der Waals surface area contributed by atoms with Gasteiger partial charge in [-0.3, -0.25) is 4.79 Å². The Hall–Kier alpha value is -1.23. The van der Waals surface area contributed by atoms with Crippen LogP contribution in [0.4, 0.5) is 4.39 Å². The normalized spacial score (nSPS) is 13.6. The van der Waals surface area contributed by atoms with E-state index in [1.54, 1.807) is 13.8 Å². The number of carbonyl (C=O) groups excluding carboxylic acids is 1. The fourth-order valence-corrected chi connectivity index (χ4v) is 3.30. The second-order valence-corrected chi connectivity index (χ2v) is 7.10. The first-order chi connectivity index (χ1) is 8.24. The Morgan fingerprint density at radius 2 is 1.67 bits per heavy atom. The molecule has 5 heteroatoms. The van der Waals surface area contributed by atoms with Gasteiger partial charge in [0.25, 0.3) is 0 Å². The average Bonchev–Trinajstić information content (AvgIpc) is 2.26. The van der Waals surface area contributed by atoms with Crippen molar-refractivity contribution in [1.82, 2.24) is 0 Å². The van der Waals surface area contributed by atoms with Gasteiger partial charge in [0.1, 0.15) is 11.1 Å². The summed E-state index contributed by atoms with van der Waals surface area (Å²) in [5, 5.41) is -1.09. The Labute approximate surface area is 107 Å². The highest BCUT2D eigenvalue weighted by molar-refractivity contribution is 7.92. The first-order valence-corrected chi connectivity index (χ1v) is 7.47. The Balaban J connectivity index is 2.94. The van der Waals surface area contributed by atoms with Crippen LogP contribution in [-0.2, 0) is 9.84 Å². The van der Waals surface area contributed by atoms with Crippen LogP contribution in [0, 0.1) is 11.7 Å². The number of Topliss-reactive ketones (excluding diaryl/α,β-unsaturated/α-hetero) is 1. The standard InChI is InChI=1S/C13H17FO3S/c1-9(2)8-18(16,17)10(3)13(15)11-4-6-12(14)7-5-11/h4-7,9-10H,8H2,1-3H3. The number of ketones is 1. The van der Waals surface area contributed by atoms with Crippen molar-refractivity contribution in [2.24, 2.45) is 5.92 Å². The summed E-state index contributed by atoms with van der Waals surface area (Å²) >= 11 is 0. The summed E-state index contributed by atoms with van der Waals surface area (Å²) in [6.45, 7) is 4.95. The summed E-state index contributed by atoms with van der Waals surface area (Å²) < 4.78 is 36.6. The predicted molar refractivity (Wildman–Crippen MR) is 68.8 cm³/mol. The van der Waals surface area contributed by atoms with Crippen LogP contribution in [0.5, 0.6) is 0 Å².